The molecule has 0 rings (SSSR count). The van der Waals surface area contributed by atoms with Gasteiger partial charge in [0, 0.05) is 5.54 Å². The molecule has 0 heterocycles. The van der Waals surface area contributed by atoms with Crippen molar-refractivity contribution in [1.82, 2.24) is 5.32 Å². The summed E-state index contributed by atoms with van der Waals surface area (Å²) in [4.78, 5) is 10.6. The fraction of sp³-hybridized carbons (Fsp3) is 0.833. The number of alkyl carbamates (subject to hydrolysis) is 1. The Morgan fingerprint density at radius 2 is 2.10 bits per heavy atom. The van der Waals surface area contributed by atoms with Crippen LogP contribution in [0, 0.1) is 0 Å². The highest BCUT2D eigenvalue weighted by atomic mass is 16.6. The molecule has 0 aliphatic rings. The van der Waals surface area contributed by atoms with E-state index in [0.29, 0.717) is 0 Å². The molecule has 0 aromatic carbocycles. The summed E-state index contributed by atoms with van der Waals surface area (Å²) in [5.74, 6) is 0. The summed E-state index contributed by atoms with van der Waals surface area (Å²) < 4.78 is 4.22. The Balaban J connectivity index is 3.58. The fourth-order valence-corrected chi connectivity index (χ4v) is 0.401. The van der Waals surface area contributed by atoms with Gasteiger partial charge in [0.2, 0.25) is 0 Å². The molecule has 4 heteroatoms. The van der Waals surface area contributed by atoms with Gasteiger partial charge in [0.1, 0.15) is 0 Å². The van der Waals surface area contributed by atoms with Gasteiger partial charge in [-0.25, -0.2) is 4.79 Å². The Hall–Kier alpha value is -0.770. The molecule has 0 bridgehead atoms. The minimum Gasteiger partial charge on any atom is -0.423 e. The van der Waals surface area contributed by atoms with Crippen LogP contribution in [-0.4, -0.2) is 23.5 Å². The van der Waals surface area contributed by atoms with Crippen molar-refractivity contribution in [2.24, 2.45) is 0 Å². The minimum atomic E-state index is -0.602. The Labute approximate surface area is 60.2 Å². The predicted octanol–water partition coefficient (Wildman–Crippen LogP) is 0.461. The van der Waals surface area contributed by atoms with Gasteiger partial charge >= 0.3 is 6.09 Å². The smallest absolute Gasteiger partial charge is 0.409 e. The third-order valence-corrected chi connectivity index (χ3v) is 0.673. The number of aliphatic hydroxyl groups excluding tert-OH is 1. The Morgan fingerprint density at radius 1 is 1.60 bits per heavy atom. The molecular formula is C6H13NO3. The maximum absolute atomic E-state index is 10.6. The zero-order chi connectivity index (χ0) is 8.20. The summed E-state index contributed by atoms with van der Waals surface area (Å²) >= 11 is 0. The Kier molecular flexibility index (Phi) is 3.15. The van der Waals surface area contributed by atoms with Crippen LogP contribution >= 0.6 is 0 Å². The molecule has 0 atom stereocenters. The summed E-state index contributed by atoms with van der Waals surface area (Å²) in [6.45, 7) is 4.89. The summed E-state index contributed by atoms with van der Waals surface area (Å²) in [6, 6.07) is 0. The second kappa shape index (κ2) is 3.41. The molecular weight excluding hydrogens is 134 g/mol. The van der Waals surface area contributed by atoms with E-state index in [-0.39, 0.29) is 5.54 Å². The number of nitrogens with one attached hydrogen (secondary N) is 1. The van der Waals surface area contributed by atoms with E-state index >= 15 is 0 Å². The Morgan fingerprint density at radius 3 is 2.40 bits per heavy atom. The molecule has 60 valence electrons. The third kappa shape index (κ3) is 5.37. The lowest BCUT2D eigenvalue weighted by Gasteiger charge is -2.19. The van der Waals surface area contributed by atoms with Gasteiger partial charge in [-0.05, 0) is 20.8 Å². The van der Waals surface area contributed by atoms with Crippen molar-refractivity contribution in [3.8, 4) is 0 Å². The van der Waals surface area contributed by atoms with Gasteiger partial charge in [0.05, 0.1) is 0 Å². The summed E-state index contributed by atoms with van der Waals surface area (Å²) in [7, 11) is 0. The van der Waals surface area contributed by atoms with E-state index < -0.39 is 12.9 Å². The number of rotatable bonds is 1. The lowest BCUT2D eigenvalue weighted by Crippen LogP contribution is -2.40. The fourth-order valence-electron chi connectivity index (χ4n) is 0.401. The van der Waals surface area contributed by atoms with Gasteiger partial charge < -0.3 is 15.2 Å². The SMILES string of the molecule is CC(C)(C)NC(=O)OCO. The second-order valence-electron chi connectivity index (χ2n) is 2.94. The van der Waals surface area contributed by atoms with Gasteiger partial charge in [-0.1, -0.05) is 0 Å². The standard InChI is InChI=1S/C6H13NO3/c1-6(2,3)7-5(9)10-4-8/h8H,4H2,1-3H3,(H,7,9). The molecule has 0 aromatic rings. The van der Waals surface area contributed by atoms with Gasteiger partial charge in [-0.2, -0.15) is 0 Å². The molecule has 0 saturated heterocycles. The number of carbonyl (C=O) groups excluding carboxylic acids is 1. The number of hydrogen-bond acceptors (Lipinski definition) is 3. The maximum Gasteiger partial charge on any atom is 0.409 e. The zero-order valence-electron chi connectivity index (χ0n) is 6.47. The third-order valence-electron chi connectivity index (χ3n) is 0.673. The van der Waals surface area contributed by atoms with Crippen molar-refractivity contribution in [2.45, 2.75) is 26.3 Å². The summed E-state index contributed by atoms with van der Waals surface area (Å²) in [5.41, 5.74) is -0.313. The molecule has 1 amide bonds. The minimum absolute atomic E-state index is 0.313. The average Bonchev–Trinajstić information content (AvgIpc) is 1.59. The Bertz CT molecular complexity index is 117. The number of aliphatic hydroxyl groups is 1. The topological polar surface area (TPSA) is 58.6 Å². The monoisotopic (exact) mass is 147 g/mol. The number of amides is 1. The van der Waals surface area contributed by atoms with E-state index in [0.717, 1.165) is 0 Å². The second-order valence-corrected chi connectivity index (χ2v) is 2.94. The molecule has 0 aliphatic carbocycles. The molecule has 0 saturated carbocycles. The first-order valence-corrected chi connectivity index (χ1v) is 3.01. The molecule has 0 unspecified atom stereocenters. The highest BCUT2D eigenvalue weighted by Gasteiger charge is 2.13. The van der Waals surface area contributed by atoms with E-state index in [1.165, 1.54) is 0 Å². The lowest BCUT2D eigenvalue weighted by molar-refractivity contribution is 0.0408. The van der Waals surface area contributed by atoms with Crippen LogP contribution in [0.1, 0.15) is 20.8 Å². The highest BCUT2D eigenvalue weighted by molar-refractivity contribution is 5.67. The molecule has 0 spiro atoms. The van der Waals surface area contributed by atoms with Crippen molar-refractivity contribution >= 4 is 6.09 Å². The predicted molar refractivity (Wildman–Crippen MR) is 36.5 cm³/mol. The van der Waals surface area contributed by atoms with E-state index in [1.54, 1.807) is 0 Å². The molecule has 10 heavy (non-hydrogen) atoms. The van der Waals surface area contributed by atoms with Crippen LogP contribution in [0.3, 0.4) is 0 Å². The summed E-state index contributed by atoms with van der Waals surface area (Å²) in [6.07, 6.45) is -0.602. The van der Waals surface area contributed by atoms with E-state index in [2.05, 4.69) is 10.1 Å². The molecule has 2 N–H and O–H groups in total. The normalized spacial score (nSPS) is 10.8. The number of ether oxygens (including phenoxy) is 1. The van der Waals surface area contributed by atoms with Crippen LogP contribution in [0.25, 0.3) is 0 Å². The van der Waals surface area contributed by atoms with Gasteiger partial charge in [-0.15, -0.1) is 0 Å². The van der Waals surface area contributed by atoms with Gasteiger partial charge in [0.15, 0.2) is 6.79 Å². The van der Waals surface area contributed by atoms with Crippen molar-refractivity contribution in [3.05, 3.63) is 0 Å². The lowest BCUT2D eigenvalue weighted by atomic mass is 10.1. The van der Waals surface area contributed by atoms with E-state index in [1.807, 2.05) is 20.8 Å². The number of hydrogen-bond donors (Lipinski definition) is 2. The van der Waals surface area contributed by atoms with Gasteiger partial charge in [-0.3, -0.25) is 0 Å². The molecule has 0 radical (unpaired) electrons. The zero-order valence-corrected chi connectivity index (χ0v) is 6.47. The maximum atomic E-state index is 10.6. The van der Waals surface area contributed by atoms with Crippen LogP contribution in [0.5, 0.6) is 0 Å². The van der Waals surface area contributed by atoms with E-state index in [4.69, 9.17) is 5.11 Å². The first kappa shape index (κ1) is 9.23. The van der Waals surface area contributed by atoms with Crippen LogP contribution in [0.4, 0.5) is 4.79 Å². The van der Waals surface area contributed by atoms with Crippen LogP contribution in [0.2, 0.25) is 0 Å². The van der Waals surface area contributed by atoms with Crippen molar-refractivity contribution in [1.29, 1.82) is 0 Å². The molecule has 0 fully saturated rings. The van der Waals surface area contributed by atoms with Gasteiger partial charge in [0.25, 0.3) is 0 Å². The van der Waals surface area contributed by atoms with Crippen LogP contribution in [-0.2, 0) is 4.74 Å². The van der Waals surface area contributed by atoms with Crippen LogP contribution in [0.15, 0.2) is 0 Å². The molecule has 0 aromatic heterocycles. The average molecular weight is 147 g/mol. The quantitative estimate of drug-likeness (QED) is 0.530. The van der Waals surface area contributed by atoms with Crippen LogP contribution < -0.4 is 5.32 Å². The molecule has 0 aliphatic heterocycles. The first-order valence-electron chi connectivity index (χ1n) is 3.01. The number of carbonyl (C=O) groups is 1. The summed E-state index contributed by atoms with van der Waals surface area (Å²) in [5, 5.41) is 10.6. The van der Waals surface area contributed by atoms with E-state index in [9.17, 15) is 4.79 Å². The van der Waals surface area contributed by atoms with Crippen molar-refractivity contribution in [2.75, 3.05) is 6.79 Å². The largest absolute Gasteiger partial charge is 0.423 e. The molecule has 4 nitrogen and oxygen atoms in total. The first-order chi connectivity index (χ1) is 4.45. The highest BCUT2D eigenvalue weighted by Crippen LogP contribution is 1.98. The van der Waals surface area contributed by atoms with Crippen molar-refractivity contribution in [3.63, 3.8) is 0 Å². The van der Waals surface area contributed by atoms with Crippen molar-refractivity contribution < 1.29 is 14.6 Å².